The van der Waals surface area contributed by atoms with Crippen LogP contribution >= 0.6 is 23.2 Å². The van der Waals surface area contributed by atoms with Gasteiger partial charge in [0.1, 0.15) is 0 Å². The van der Waals surface area contributed by atoms with E-state index in [1.807, 2.05) is 0 Å². The first kappa shape index (κ1) is 19.4. The van der Waals surface area contributed by atoms with Crippen molar-refractivity contribution in [3.63, 3.8) is 0 Å². The molecular weight excluding hydrogens is 391 g/mol. The number of nitrogens with zero attached hydrogens (tertiary/aromatic N) is 2. The molecule has 1 fully saturated rings. The highest BCUT2D eigenvalue weighted by molar-refractivity contribution is 7.89. The molecular formula is C19H20Cl2N2O2S. The van der Waals surface area contributed by atoms with E-state index in [2.05, 4.69) is 4.99 Å². The van der Waals surface area contributed by atoms with Crippen molar-refractivity contribution >= 4 is 45.1 Å². The molecule has 4 nitrogen and oxygen atoms in total. The van der Waals surface area contributed by atoms with E-state index in [0.717, 1.165) is 25.7 Å². The largest absolute Gasteiger partial charge is 0.256 e. The maximum absolute atomic E-state index is 12.8. The fourth-order valence-corrected chi connectivity index (χ4v) is 4.92. The highest BCUT2D eigenvalue weighted by atomic mass is 35.5. The van der Waals surface area contributed by atoms with Crippen LogP contribution in [0.25, 0.3) is 0 Å². The average molecular weight is 411 g/mol. The highest BCUT2D eigenvalue weighted by Crippen LogP contribution is 2.25. The number of halogens is 2. The SMILES string of the molecule is O=S(=O)(c1ccc(N=Cc2c(Cl)cccc2Cl)cc1)N1CCCCCC1. The van der Waals surface area contributed by atoms with E-state index in [0.29, 0.717) is 39.3 Å². The van der Waals surface area contributed by atoms with Crippen LogP contribution in [0.4, 0.5) is 5.69 Å². The van der Waals surface area contributed by atoms with E-state index >= 15 is 0 Å². The lowest BCUT2D eigenvalue weighted by Crippen LogP contribution is -2.31. The lowest BCUT2D eigenvalue weighted by molar-refractivity contribution is 0.424. The van der Waals surface area contributed by atoms with Gasteiger partial charge in [-0.2, -0.15) is 4.31 Å². The molecule has 0 spiro atoms. The predicted molar refractivity (Wildman–Crippen MR) is 107 cm³/mol. The Morgan fingerprint density at radius 2 is 1.46 bits per heavy atom. The van der Waals surface area contributed by atoms with Gasteiger partial charge in [0.25, 0.3) is 0 Å². The number of rotatable bonds is 4. The molecule has 0 unspecified atom stereocenters. The number of hydrogen-bond donors (Lipinski definition) is 0. The Bertz CT molecular complexity index is 868. The zero-order valence-electron chi connectivity index (χ0n) is 14.2. The van der Waals surface area contributed by atoms with Crippen molar-refractivity contribution in [3.8, 4) is 0 Å². The van der Waals surface area contributed by atoms with Gasteiger partial charge in [0.15, 0.2) is 0 Å². The van der Waals surface area contributed by atoms with Crippen LogP contribution in [-0.4, -0.2) is 32.0 Å². The molecule has 0 saturated carbocycles. The molecule has 1 aliphatic heterocycles. The zero-order chi connectivity index (χ0) is 18.6. The normalized spacial score (nSPS) is 16.7. The third-order valence-corrected chi connectivity index (χ3v) is 6.95. The molecule has 0 amide bonds. The molecule has 26 heavy (non-hydrogen) atoms. The van der Waals surface area contributed by atoms with Crippen molar-refractivity contribution in [2.24, 2.45) is 4.99 Å². The van der Waals surface area contributed by atoms with Gasteiger partial charge in [-0.25, -0.2) is 8.42 Å². The Morgan fingerprint density at radius 3 is 2.04 bits per heavy atom. The Hall–Kier alpha value is -1.40. The lowest BCUT2D eigenvalue weighted by Gasteiger charge is -2.19. The van der Waals surface area contributed by atoms with Crippen LogP contribution in [0.3, 0.4) is 0 Å². The van der Waals surface area contributed by atoms with E-state index in [-0.39, 0.29) is 0 Å². The second-order valence-electron chi connectivity index (χ2n) is 6.21. The van der Waals surface area contributed by atoms with Gasteiger partial charge >= 0.3 is 0 Å². The fourth-order valence-electron chi connectivity index (χ4n) is 2.91. The van der Waals surface area contributed by atoms with Crippen molar-refractivity contribution in [1.82, 2.24) is 4.31 Å². The Balaban J connectivity index is 1.79. The first-order valence-electron chi connectivity index (χ1n) is 8.57. The molecule has 2 aromatic carbocycles. The summed E-state index contributed by atoms with van der Waals surface area (Å²) in [5, 5.41) is 1.03. The van der Waals surface area contributed by atoms with Gasteiger partial charge in [0.2, 0.25) is 10.0 Å². The molecule has 0 N–H and O–H groups in total. The van der Waals surface area contributed by atoms with E-state index in [1.54, 1.807) is 53.0 Å². The molecule has 3 rings (SSSR count). The summed E-state index contributed by atoms with van der Waals surface area (Å²) >= 11 is 12.2. The van der Waals surface area contributed by atoms with Gasteiger partial charge in [-0.05, 0) is 49.2 Å². The smallest absolute Gasteiger partial charge is 0.243 e. The highest BCUT2D eigenvalue weighted by Gasteiger charge is 2.24. The number of aliphatic imine (C=N–C) groups is 1. The van der Waals surface area contributed by atoms with E-state index < -0.39 is 10.0 Å². The quantitative estimate of drug-likeness (QED) is 0.641. The molecule has 0 aliphatic carbocycles. The van der Waals surface area contributed by atoms with Crippen molar-refractivity contribution in [2.45, 2.75) is 30.6 Å². The van der Waals surface area contributed by atoms with Gasteiger partial charge in [-0.1, -0.05) is 42.1 Å². The van der Waals surface area contributed by atoms with Crippen molar-refractivity contribution in [2.75, 3.05) is 13.1 Å². The van der Waals surface area contributed by atoms with Crippen LogP contribution in [0, 0.1) is 0 Å². The molecule has 0 radical (unpaired) electrons. The summed E-state index contributed by atoms with van der Waals surface area (Å²) in [6, 6.07) is 11.8. The molecule has 1 aliphatic rings. The number of benzene rings is 2. The molecule has 0 atom stereocenters. The molecule has 2 aromatic rings. The summed E-state index contributed by atoms with van der Waals surface area (Å²) in [4.78, 5) is 4.65. The molecule has 0 aromatic heterocycles. The zero-order valence-corrected chi connectivity index (χ0v) is 16.6. The fraction of sp³-hybridized carbons (Fsp3) is 0.316. The summed E-state index contributed by atoms with van der Waals surface area (Å²) in [5.74, 6) is 0. The van der Waals surface area contributed by atoms with Gasteiger partial charge < -0.3 is 0 Å². The first-order chi connectivity index (χ1) is 12.5. The van der Waals surface area contributed by atoms with Crippen LogP contribution in [-0.2, 0) is 10.0 Å². The standard InChI is InChI=1S/C19H20Cl2N2O2S/c20-18-6-5-7-19(21)17(18)14-22-15-8-10-16(11-9-15)26(24,25)23-12-3-1-2-4-13-23/h5-11,14H,1-4,12-13H2. The predicted octanol–water partition coefficient (Wildman–Crippen LogP) is 5.31. The van der Waals surface area contributed by atoms with Gasteiger partial charge in [-0.3, -0.25) is 4.99 Å². The van der Waals surface area contributed by atoms with Crippen molar-refractivity contribution in [1.29, 1.82) is 0 Å². The van der Waals surface area contributed by atoms with Crippen LogP contribution in [0.5, 0.6) is 0 Å². The third-order valence-electron chi connectivity index (χ3n) is 4.38. The summed E-state index contributed by atoms with van der Waals surface area (Å²) < 4.78 is 27.1. The molecule has 0 bridgehead atoms. The van der Waals surface area contributed by atoms with Crippen LogP contribution in [0.1, 0.15) is 31.2 Å². The lowest BCUT2D eigenvalue weighted by atomic mass is 10.2. The maximum Gasteiger partial charge on any atom is 0.243 e. The van der Waals surface area contributed by atoms with Crippen molar-refractivity contribution in [3.05, 3.63) is 58.1 Å². The third kappa shape index (κ3) is 4.46. The topological polar surface area (TPSA) is 49.7 Å². The minimum Gasteiger partial charge on any atom is -0.256 e. The molecule has 1 saturated heterocycles. The van der Waals surface area contributed by atoms with E-state index in [9.17, 15) is 8.42 Å². The van der Waals surface area contributed by atoms with Gasteiger partial charge in [-0.15, -0.1) is 0 Å². The van der Waals surface area contributed by atoms with Gasteiger partial charge in [0, 0.05) is 24.9 Å². The second kappa shape index (κ2) is 8.53. The number of sulfonamides is 1. The summed E-state index contributed by atoms with van der Waals surface area (Å²) in [5.41, 5.74) is 1.27. The Morgan fingerprint density at radius 1 is 0.885 bits per heavy atom. The summed E-state index contributed by atoms with van der Waals surface area (Å²) in [7, 11) is -3.44. The summed E-state index contributed by atoms with van der Waals surface area (Å²) in [6.45, 7) is 1.18. The first-order valence-corrected chi connectivity index (χ1v) is 10.8. The van der Waals surface area contributed by atoms with Crippen LogP contribution in [0.2, 0.25) is 10.0 Å². The number of hydrogen-bond acceptors (Lipinski definition) is 3. The molecule has 138 valence electrons. The summed E-state index contributed by atoms with van der Waals surface area (Å²) in [6.07, 6.45) is 5.60. The van der Waals surface area contributed by atoms with Crippen molar-refractivity contribution < 1.29 is 8.42 Å². The second-order valence-corrected chi connectivity index (χ2v) is 8.96. The Kier molecular flexibility index (Phi) is 6.35. The van der Waals surface area contributed by atoms with Gasteiger partial charge in [0.05, 0.1) is 20.6 Å². The molecule has 7 heteroatoms. The minimum absolute atomic E-state index is 0.300. The maximum atomic E-state index is 12.8. The average Bonchev–Trinajstić information content (AvgIpc) is 2.92. The van der Waals surface area contributed by atoms with E-state index in [1.165, 1.54) is 0 Å². The minimum atomic E-state index is -3.44. The van der Waals surface area contributed by atoms with E-state index in [4.69, 9.17) is 23.2 Å². The monoisotopic (exact) mass is 410 g/mol. The Labute approximate surface area is 164 Å². The van der Waals surface area contributed by atoms with Crippen LogP contribution < -0.4 is 0 Å². The molecule has 1 heterocycles. The van der Waals surface area contributed by atoms with Crippen LogP contribution in [0.15, 0.2) is 52.4 Å².